The molecule has 1 saturated heterocycles. The molecule has 106 valence electrons. The maximum atomic E-state index is 11.5. The molecule has 0 aliphatic carbocycles. The first-order chi connectivity index (χ1) is 8.91. The molecule has 0 saturated carbocycles. The summed E-state index contributed by atoms with van der Waals surface area (Å²) in [6.45, 7) is 0.683. The lowest BCUT2D eigenvalue weighted by molar-refractivity contribution is 0.250. The number of sulfone groups is 1. The Morgan fingerprint density at radius 2 is 2.21 bits per heavy atom. The van der Waals surface area contributed by atoms with E-state index in [1.54, 1.807) is 7.11 Å². The van der Waals surface area contributed by atoms with Crippen LogP contribution in [0.25, 0.3) is 0 Å². The van der Waals surface area contributed by atoms with Crippen LogP contribution in [0.5, 0.6) is 5.75 Å². The van der Waals surface area contributed by atoms with Crippen LogP contribution in [-0.4, -0.2) is 45.0 Å². The standard InChI is InChI=1S/C13H18BrNO3S/c1-15(12-5-6-19(16,17)9-12)8-10-7-11(14)3-4-13(10)18-2/h3-4,7,12H,5-6,8-9H2,1-2H3/t12-/m0/s1. The zero-order chi connectivity index (χ0) is 14.0. The minimum atomic E-state index is -2.84. The summed E-state index contributed by atoms with van der Waals surface area (Å²) in [5.41, 5.74) is 1.06. The van der Waals surface area contributed by atoms with Crippen LogP contribution in [0.1, 0.15) is 12.0 Å². The summed E-state index contributed by atoms with van der Waals surface area (Å²) in [4.78, 5) is 2.09. The Balaban J connectivity index is 2.11. The molecule has 19 heavy (non-hydrogen) atoms. The van der Waals surface area contributed by atoms with E-state index in [-0.39, 0.29) is 11.8 Å². The molecule has 1 aromatic rings. The highest BCUT2D eigenvalue weighted by molar-refractivity contribution is 9.10. The number of ether oxygens (including phenoxy) is 1. The molecule has 2 rings (SSSR count). The Bertz CT molecular complexity index is 559. The third-order valence-electron chi connectivity index (χ3n) is 3.49. The fourth-order valence-electron chi connectivity index (χ4n) is 2.39. The molecule has 0 amide bonds. The molecule has 0 aromatic heterocycles. The molecule has 1 aromatic carbocycles. The Morgan fingerprint density at radius 3 is 2.79 bits per heavy atom. The molecule has 6 heteroatoms. The van der Waals surface area contributed by atoms with Crippen molar-refractivity contribution in [1.82, 2.24) is 4.90 Å². The normalized spacial score (nSPS) is 21.8. The third kappa shape index (κ3) is 3.70. The molecule has 4 nitrogen and oxygen atoms in total. The molecule has 0 spiro atoms. The lowest BCUT2D eigenvalue weighted by Crippen LogP contribution is -2.32. The first-order valence-electron chi connectivity index (χ1n) is 6.14. The minimum Gasteiger partial charge on any atom is -0.496 e. The van der Waals surface area contributed by atoms with Gasteiger partial charge in [-0.2, -0.15) is 0 Å². The fraction of sp³-hybridized carbons (Fsp3) is 0.538. The van der Waals surface area contributed by atoms with Gasteiger partial charge in [-0.05, 0) is 31.7 Å². The van der Waals surface area contributed by atoms with Crippen LogP contribution in [0.4, 0.5) is 0 Å². The van der Waals surface area contributed by atoms with Gasteiger partial charge in [-0.1, -0.05) is 15.9 Å². The number of benzene rings is 1. The van der Waals surface area contributed by atoms with Gasteiger partial charge in [-0.15, -0.1) is 0 Å². The van der Waals surface area contributed by atoms with E-state index >= 15 is 0 Å². The van der Waals surface area contributed by atoms with E-state index < -0.39 is 9.84 Å². The van der Waals surface area contributed by atoms with Gasteiger partial charge >= 0.3 is 0 Å². The van der Waals surface area contributed by atoms with Gasteiger partial charge in [-0.25, -0.2) is 8.42 Å². The van der Waals surface area contributed by atoms with Crippen molar-refractivity contribution in [3.63, 3.8) is 0 Å². The maximum absolute atomic E-state index is 11.5. The van der Waals surface area contributed by atoms with Gasteiger partial charge in [0.2, 0.25) is 0 Å². The topological polar surface area (TPSA) is 46.6 Å². The summed E-state index contributed by atoms with van der Waals surface area (Å²) in [6, 6.07) is 5.97. The number of methoxy groups -OCH3 is 1. The highest BCUT2D eigenvalue weighted by Gasteiger charge is 2.30. The van der Waals surface area contributed by atoms with Gasteiger partial charge in [-0.3, -0.25) is 4.90 Å². The van der Waals surface area contributed by atoms with Crippen LogP contribution in [0.3, 0.4) is 0 Å². The lowest BCUT2D eigenvalue weighted by Gasteiger charge is -2.24. The largest absolute Gasteiger partial charge is 0.496 e. The second kappa shape index (κ2) is 5.81. The smallest absolute Gasteiger partial charge is 0.151 e. The molecule has 0 unspecified atom stereocenters. The van der Waals surface area contributed by atoms with Crippen molar-refractivity contribution in [2.24, 2.45) is 0 Å². The quantitative estimate of drug-likeness (QED) is 0.836. The average molecular weight is 348 g/mol. The van der Waals surface area contributed by atoms with E-state index in [4.69, 9.17) is 4.74 Å². The van der Waals surface area contributed by atoms with Gasteiger partial charge in [0.25, 0.3) is 0 Å². The molecule has 1 atom stereocenters. The first-order valence-corrected chi connectivity index (χ1v) is 8.76. The van der Waals surface area contributed by atoms with Crippen molar-refractivity contribution in [1.29, 1.82) is 0 Å². The SMILES string of the molecule is COc1ccc(Br)cc1CN(C)[C@H]1CCS(=O)(=O)C1. The molecule has 1 aliphatic heterocycles. The minimum absolute atomic E-state index is 0.105. The van der Waals surface area contributed by atoms with Crippen molar-refractivity contribution < 1.29 is 13.2 Å². The van der Waals surface area contributed by atoms with Crippen LogP contribution in [-0.2, 0) is 16.4 Å². The molecule has 1 heterocycles. The van der Waals surface area contributed by atoms with E-state index in [9.17, 15) is 8.42 Å². The van der Waals surface area contributed by atoms with Gasteiger partial charge in [0, 0.05) is 22.6 Å². The van der Waals surface area contributed by atoms with E-state index in [0.717, 1.165) is 22.2 Å². The van der Waals surface area contributed by atoms with Gasteiger partial charge in [0.15, 0.2) is 9.84 Å². The Kier molecular flexibility index (Phi) is 4.53. The third-order valence-corrected chi connectivity index (χ3v) is 5.74. The number of nitrogens with zero attached hydrogens (tertiary/aromatic N) is 1. The predicted molar refractivity (Wildman–Crippen MR) is 79.2 cm³/mol. The van der Waals surface area contributed by atoms with Crippen LogP contribution in [0.2, 0.25) is 0 Å². The van der Waals surface area contributed by atoms with Gasteiger partial charge in [0.05, 0.1) is 18.6 Å². The molecule has 1 aliphatic rings. The highest BCUT2D eigenvalue weighted by Crippen LogP contribution is 2.26. The zero-order valence-corrected chi connectivity index (χ0v) is 13.5. The number of halogens is 1. The van der Waals surface area contributed by atoms with E-state index in [2.05, 4.69) is 20.8 Å². The van der Waals surface area contributed by atoms with Gasteiger partial charge < -0.3 is 4.74 Å². The van der Waals surface area contributed by atoms with Crippen LogP contribution in [0.15, 0.2) is 22.7 Å². The molecule has 0 N–H and O–H groups in total. The average Bonchev–Trinajstić information content (AvgIpc) is 2.70. The van der Waals surface area contributed by atoms with Crippen LogP contribution >= 0.6 is 15.9 Å². The number of hydrogen-bond acceptors (Lipinski definition) is 4. The van der Waals surface area contributed by atoms with Gasteiger partial charge in [0.1, 0.15) is 5.75 Å². The Morgan fingerprint density at radius 1 is 1.47 bits per heavy atom. The summed E-state index contributed by atoms with van der Waals surface area (Å²) in [5.74, 6) is 1.40. The molecule has 0 bridgehead atoms. The van der Waals surface area contributed by atoms with Crippen LogP contribution in [0, 0.1) is 0 Å². The first kappa shape index (κ1) is 14.8. The van der Waals surface area contributed by atoms with Crippen molar-refractivity contribution in [3.05, 3.63) is 28.2 Å². The van der Waals surface area contributed by atoms with Crippen molar-refractivity contribution >= 4 is 25.8 Å². The summed E-state index contributed by atoms with van der Waals surface area (Å²) < 4.78 is 29.4. The summed E-state index contributed by atoms with van der Waals surface area (Å²) in [5, 5.41) is 0. The zero-order valence-electron chi connectivity index (χ0n) is 11.1. The van der Waals surface area contributed by atoms with Crippen LogP contribution < -0.4 is 4.74 Å². The Hall–Kier alpha value is -0.590. The summed E-state index contributed by atoms with van der Waals surface area (Å²) in [6.07, 6.45) is 0.717. The second-order valence-electron chi connectivity index (χ2n) is 4.93. The molecule has 1 fully saturated rings. The number of rotatable bonds is 4. The van der Waals surface area contributed by atoms with E-state index in [1.807, 2.05) is 25.2 Å². The monoisotopic (exact) mass is 347 g/mol. The molecular weight excluding hydrogens is 330 g/mol. The molecular formula is C13H18BrNO3S. The highest BCUT2D eigenvalue weighted by atomic mass is 79.9. The van der Waals surface area contributed by atoms with Crippen molar-refractivity contribution in [3.8, 4) is 5.75 Å². The number of hydrogen-bond donors (Lipinski definition) is 0. The summed E-state index contributed by atoms with van der Waals surface area (Å²) in [7, 11) is 0.771. The molecule has 0 radical (unpaired) electrons. The predicted octanol–water partition coefficient (Wildman–Crippen LogP) is 2.08. The van der Waals surface area contributed by atoms with Crippen molar-refractivity contribution in [2.45, 2.75) is 19.0 Å². The van der Waals surface area contributed by atoms with E-state index in [0.29, 0.717) is 12.3 Å². The lowest BCUT2D eigenvalue weighted by atomic mass is 10.1. The second-order valence-corrected chi connectivity index (χ2v) is 8.07. The fourth-order valence-corrected chi connectivity index (χ4v) is 4.61. The maximum Gasteiger partial charge on any atom is 0.151 e. The summed E-state index contributed by atoms with van der Waals surface area (Å²) >= 11 is 3.45. The van der Waals surface area contributed by atoms with Crippen molar-refractivity contribution in [2.75, 3.05) is 25.7 Å². The Labute approximate surface area is 122 Å². The van der Waals surface area contributed by atoms with E-state index in [1.165, 1.54) is 0 Å².